The molecule has 1 amide bonds. The Morgan fingerprint density at radius 2 is 1.79 bits per heavy atom. The van der Waals surface area contributed by atoms with Crippen molar-refractivity contribution in [2.45, 2.75) is 31.1 Å². The number of hydrogen-bond donors (Lipinski definition) is 1. The number of hydrogen-bond acceptors (Lipinski definition) is 6. The van der Waals surface area contributed by atoms with E-state index < -0.39 is 28.4 Å². The normalized spacial score (nSPS) is 12.8. The van der Waals surface area contributed by atoms with Crippen LogP contribution in [0.3, 0.4) is 0 Å². The molecular formula is C24H23BrN2O5S2. The first-order chi connectivity index (χ1) is 16.3. The lowest BCUT2D eigenvalue weighted by Gasteiger charge is -2.24. The summed E-state index contributed by atoms with van der Waals surface area (Å²) in [5.41, 5.74) is 1.65. The maximum absolute atomic E-state index is 13.4. The summed E-state index contributed by atoms with van der Waals surface area (Å²) in [6.45, 7) is 1.50. The SMILES string of the molecule is CCOC(=O)c1c(NC(=O)CN(c2ccc(Br)cc2)S(=O)(=O)c2ccccc2)sc2c1CCC2. The van der Waals surface area contributed by atoms with E-state index in [4.69, 9.17) is 4.74 Å². The number of nitrogens with one attached hydrogen (secondary N) is 1. The highest BCUT2D eigenvalue weighted by Gasteiger charge is 2.31. The molecule has 34 heavy (non-hydrogen) atoms. The molecule has 178 valence electrons. The minimum absolute atomic E-state index is 0.0769. The molecule has 1 aliphatic carbocycles. The lowest BCUT2D eigenvalue weighted by Crippen LogP contribution is -2.38. The second-order valence-electron chi connectivity index (χ2n) is 7.63. The number of benzene rings is 2. The number of amides is 1. The van der Waals surface area contributed by atoms with E-state index in [1.807, 2.05) is 0 Å². The van der Waals surface area contributed by atoms with Crippen LogP contribution < -0.4 is 9.62 Å². The van der Waals surface area contributed by atoms with E-state index >= 15 is 0 Å². The molecule has 1 aromatic heterocycles. The molecule has 0 fully saturated rings. The van der Waals surface area contributed by atoms with Gasteiger partial charge in [-0.15, -0.1) is 11.3 Å². The largest absolute Gasteiger partial charge is 0.462 e. The summed E-state index contributed by atoms with van der Waals surface area (Å²) in [7, 11) is -4.02. The second kappa shape index (κ2) is 10.3. The van der Waals surface area contributed by atoms with Gasteiger partial charge in [0.25, 0.3) is 10.0 Å². The summed E-state index contributed by atoms with van der Waals surface area (Å²) in [6, 6.07) is 14.6. The third-order valence-electron chi connectivity index (χ3n) is 5.39. The van der Waals surface area contributed by atoms with E-state index in [9.17, 15) is 18.0 Å². The Morgan fingerprint density at radius 3 is 2.47 bits per heavy atom. The number of ether oxygens (including phenoxy) is 1. The fraction of sp³-hybridized carbons (Fsp3) is 0.250. The van der Waals surface area contributed by atoms with Crippen molar-refractivity contribution in [1.29, 1.82) is 0 Å². The van der Waals surface area contributed by atoms with Crippen LogP contribution >= 0.6 is 27.3 Å². The van der Waals surface area contributed by atoms with Crippen LogP contribution in [0.2, 0.25) is 0 Å². The minimum Gasteiger partial charge on any atom is -0.462 e. The number of fused-ring (bicyclic) bond motifs is 1. The number of halogens is 1. The molecule has 0 bridgehead atoms. The zero-order chi connectivity index (χ0) is 24.3. The van der Waals surface area contributed by atoms with Crippen LogP contribution in [-0.4, -0.2) is 33.4 Å². The van der Waals surface area contributed by atoms with Crippen LogP contribution in [0, 0.1) is 0 Å². The Morgan fingerprint density at radius 1 is 1.09 bits per heavy atom. The van der Waals surface area contributed by atoms with Gasteiger partial charge in [-0.3, -0.25) is 9.10 Å². The molecule has 0 aliphatic heterocycles. The fourth-order valence-electron chi connectivity index (χ4n) is 3.85. The molecular weight excluding hydrogens is 540 g/mol. The summed E-state index contributed by atoms with van der Waals surface area (Å²) < 4.78 is 33.9. The molecule has 1 heterocycles. The Hall–Kier alpha value is -2.69. The van der Waals surface area contributed by atoms with Gasteiger partial charge in [0.05, 0.1) is 22.8 Å². The molecule has 3 aromatic rings. The number of thiophene rings is 1. The van der Waals surface area contributed by atoms with Crippen molar-refractivity contribution in [1.82, 2.24) is 0 Å². The van der Waals surface area contributed by atoms with E-state index in [-0.39, 0.29) is 11.5 Å². The average molecular weight is 563 g/mol. The van der Waals surface area contributed by atoms with Crippen LogP contribution in [0.4, 0.5) is 10.7 Å². The molecule has 0 atom stereocenters. The number of aryl methyl sites for hydroxylation is 1. The molecule has 10 heteroatoms. The second-order valence-corrected chi connectivity index (χ2v) is 11.5. The van der Waals surface area contributed by atoms with Gasteiger partial charge in [0.1, 0.15) is 11.5 Å². The summed E-state index contributed by atoms with van der Waals surface area (Å²) in [4.78, 5) is 26.9. The van der Waals surface area contributed by atoms with Crippen molar-refractivity contribution >= 4 is 59.9 Å². The van der Waals surface area contributed by atoms with E-state index in [0.717, 1.165) is 38.5 Å². The molecule has 7 nitrogen and oxygen atoms in total. The molecule has 1 N–H and O–H groups in total. The van der Waals surface area contributed by atoms with Crippen LogP contribution in [0.1, 0.15) is 34.1 Å². The Bertz CT molecular complexity index is 1310. The Balaban J connectivity index is 1.65. The third kappa shape index (κ3) is 5.03. The first kappa shape index (κ1) is 24.4. The summed E-state index contributed by atoms with van der Waals surface area (Å²) in [6.07, 6.45) is 2.55. The highest BCUT2D eigenvalue weighted by atomic mass is 79.9. The van der Waals surface area contributed by atoms with Gasteiger partial charge in [0, 0.05) is 9.35 Å². The number of carbonyl (C=O) groups is 2. The van der Waals surface area contributed by atoms with Crippen molar-refractivity contribution in [3.63, 3.8) is 0 Å². The van der Waals surface area contributed by atoms with E-state index in [0.29, 0.717) is 16.3 Å². The Kier molecular flexibility index (Phi) is 7.39. The lowest BCUT2D eigenvalue weighted by molar-refractivity contribution is -0.114. The smallest absolute Gasteiger partial charge is 0.341 e. The first-order valence-electron chi connectivity index (χ1n) is 10.8. The summed E-state index contributed by atoms with van der Waals surface area (Å²) in [5, 5.41) is 3.18. The monoisotopic (exact) mass is 562 g/mol. The first-order valence-corrected chi connectivity index (χ1v) is 13.8. The van der Waals surface area contributed by atoms with Gasteiger partial charge in [-0.25, -0.2) is 13.2 Å². The van der Waals surface area contributed by atoms with Crippen LogP contribution in [0.5, 0.6) is 0 Å². The topological polar surface area (TPSA) is 92.8 Å². The number of rotatable bonds is 8. The van der Waals surface area contributed by atoms with Gasteiger partial charge >= 0.3 is 5.97 Å². The van der Waals surface area contributed by atoms with E-state index in [2.05, 4.69) is 21.2 Å². The predicted molar refractivity (Wildman–Crippen MR) is 136 cm³/mol. The maximum Gasteiger partial charge on any atom is 0.341 e. The predicted octanol–water partition coefficient (Wildman–Crippen LogP) is 5.01. The quantitative estimate of drug-likeness (QED) is 0.389. The number of carbonyl (C=O) groups excluding carboxylic acids is 2. The number of nitrogens with zero attached hydrogens (tertiary/aromatic N) is 1. The lowest BCUT2D eigenvalue weighted by atomic mass is 10.1. The van der Waals surface area contributed by atoms with Gasteiger partial charge < -0.3 is 10.1 Å². The standard InChI is InChI=1S/C24H23BrN2O5S2/c1-2-32-24(29)22-19-9-6-10-20(19)33-23(22)26-21(28)15-27(17-13-11-16(25)12-14-17)34(30,31)18-7-4-3-5-8-18/h3-5,7-8,11-14H,2,6,9-10,15H2,1H3,(H,26,28). The third-order valence-corrected chi connectivity index (χ3v) is 8.91. The van der Waals surface area contributed by atoms with Crippen LogP contribution in [0.15, 0.2) is 64.0 Å². The molecule has 0 spiro atoms. The molecule has 0 saturated carbocycles. The number of sulfonamides is 1. The van der Waals surface area contributed by atoms with Crippen molar-refractivity contribution in [2.24, 2.45) is 0 Å². The van der Waals surface area contributed by atoms with Gasteiger partial charge in [-0.2, -0.15) is 0 Å². The van der Waals surface area contributed by atoms with Crippen molar-refractivity contribution in [3.05, 3.63) is 75.1 Å². The number of anilines is 2. The zero-order valence-corrected chi connectivity index (χ0v) is 21.6. The molecule has 4 rings (SSSR count). The molecule has 0 radical (unpaired) electrons. The number of esters is 1. The van der Waals surface area contributed by atoms with Gasteiger partial charge in [-0.1, -0.05) is 34.1 Å². The van der Waals surface area contributed by atoms with Crippen molar-refractivity contribution < 1.29 is 22.7 Å². The molecule has 2 aromatic carbocycles. The van der Waals surface area contributed by atoms with Crippen LogP contribution in [-0.2, 0) is 32.4 Å². The minimum atomic E-state index is -4.02. The van der Waals surface area contributed by atoms with Gasteiger partial charge in [0.15, 0.2) is 0 Å². The van der Waals surface area contributed by atoms with Crippen molar-refractivity contribution in [2.75, 3.05) is 22.8 Å². The maximum atomic E-state index is 13.4. The summed E-state index contributed by atoms with van der Waals surface area (Å²) >= 11 is 4.70. The summed E-state index contributed by atoms with van der Waals surface area (Å²) in [5.74, 6) is -1.02. The van der Waals surface area contributed by atoms with Crippen molar-refractivity contribution in [3.8, 4) is 0 Å². The van der Waals surface area contributed by atoms with Gasteiger partial charge in [-0.05, 0) is 68.1 Å². The average Bonchev–Trinajstić information content (AvgIpc) is 3.39. The highest BCUT2D eigenvalue weighted by molar-refractivity contribution is 9.10. The fourth-order valence-corrected chi connectivity index (χ4v) is 6.85. The zero-order valence-electron chi connectivity index (χ0n) is 18.4. The molecule has 0 saturated heterocycles. The van der Waals surface area contributed by atoms with E-state index in [1.54, 1.807) is 49.4 Å². The van der Waals surface area contributed by atoms with Crippen LogP contribution in [0.25, 0.3) is 0 Å². The Labute approximate surface area is 210 Å². The van der Waals surface area contributed by atoms with Gasteiger partial charge in [0.2, 0.25) is 5.91 Å². The molecule has 0 unspecified atom stereocenters. The highest BCUT2D eigenvalue weighted by Crippen LogP contribution is 2.39. The molecule has 1 aliphatic rings. The van der Waals surface area contributed by atoms with E-state index in [1.165, 1.54) is 23.5 Å².